The van der Waals surface area contributed by atoms with E-state index in [9.17, 15) is 0 Å². The van der Waals surface area contributed by atoms with Gasteiger partial charge in [0.15, 0.2) is 0 Å². The van der Waals surface area contributed by atoms with Crippen molar-refractivity contribution in [2.75, 3.05) is 20.7 Å². The minimum absolute atomic E-state index is 0.209. The fourth-order valence-electron chi connectivity index (χ4n) is 1.64. The Bertz CT molecular complexity index is 299. The van der Waals surface area contributed by atoms with E-state index in [2.05, 4.69) is 24.1 Å². The van der Waals surface area contributed by atoms with Crippen LogP contribution in [0.5, 0.6) is 5.75 Å². The van der Waals surface area contributed by atoms with E-state index >= 15 is 0 Å². The molecule has 0 spiro atoms. The molecule has 0 aliphatic rings. The molecule has 0 saturated heterocycles. The van der Waals surface area contributed by atoms with Gasteiger partial charge in [-0.05, 0) is 31.7 Å². The van der Waals surface area contributed by atoms with E-state index in [1.54, 1.807) is 7.11 Å². The fourth-order valence-corrected chi connectivity index (χ4v) is 1.64. The molecule has 0 aromatic heterocycles. The maximum atomic E-state index is 5.74. The molecule has 0 radical (unpaired) electrons. The van der Waals surface area contributed by atoms with E-state index in [0.29, 0.717) is 0 Å². The molecule has 3 heteroatoms. The van der Waals surface area contributed by atoms with Crippen LogP contribution in [0.25, 0.3) is 0 Å². The predicted octanol–water partition coefficient (Wildman–Crippen LogP) is 1.47. The number of nitrogens with zero attached hydrogens (tertiary/aromatic N) is 1. The number of benzene rings is 1. The molecule has 0 heterocycles. The summed E-state index contributed by atoms with van der Waals surface area (Å²) in [5, 5.41) is 0. The number of likely N-dealkylation sites (N-methyl/N-ethyl adjacent to an activating group) is 1. The van der Waals surface area contributed by atoms with Crippen molar-refractivity contribution in [3.8, 4) is 5.75 Å². The highest BCUT2D eigenvalue weighted by Crippen LogP contribution is 2.13. The molecule has 0 aliphatic carbocycles. The smallest absolute Gasteiger partial charge is 0.119 e. The minimum atomic E-state index is 0.209. The first-order chi connectivity index (χ1) is 7.11. The predicted molar refractivity (Wildman–Crippen MR) is 63.0 cm³/mol. The zero-order valence-corrected chi connectivity index (χ0v) is 9.73. The van der Waals surface area contributed by atoms with Gasteiger partial charge < -0.3 is 15.4 Å². The Morgan fingerprint density at radius 1 is 1.47 bits per heavy atom. The van der Waals surface area contributed by atoms with Crippen LogP contribution in [-0.2, 0) is 6.54 Å². The Labute approximate surface area is 91.8 Å². The lowest BCUT2D eigenvalue weighted by Gasteiger charge is -2.19. The van der Waals surface area contributed by atoms with Gasteiger partial charge >= 0.3 is 0 Å². The first-order valence-electron chi connectivity index (χ1n) is 5.19. The summed E-state index contributed by atoms with van der Waals surface area (Å²) in [4.78, 5) is 2.21. The van der Waals surface area contributed by atoms with Crippen molar-refractivity contribution in [2.45, 2.75) is 19.5 Å². The summed E-state index contributed by atoms with van der Waals surface area (Å²) in [6.07, 6.45) is 0. The zero-order valence-electron chi connectivity index (χ0n) is 9.73. The van der Waals surface area contributed by atoms with Crippen LogP contribution in [0.4, 0.5) is 0 Å². The van der Waals surface area contributed by atoms with Gasteiger partial charge in [0.25, 0.3) is 0 Å². The number of methoxy groups -OCH3 is 1. The van der Waals surface area contributed by atoms with Crippen molar-refractivity contribution in [2.24, 2.45) is 5.73 Å². The summed E-state index contributed by atoms with van der Waals surface area (Å²) in [6, 6.07) is 8.32. The second-order valence-corrected chi connectivity index (χ2v) is 4.03. The second kappa shape index (κ2) is 5.73. The highest BCUT2D eigenvalue weighted by molar-refractivity contribution is 5.28. The van der Waals surface area contributed by atoms with Crippen molar-refractivity contribution < 1.29 is 4.74 Å². The van der Waals surface area contributed by atoms with Crippen molar-refractivity contribution in [1.82, 2.24) is 4.90 Å². The van der Waals surface area contributed by atoms with Crippen LogP contribution >= 0.6 is 0 Å². The normalized spacial score (nSPS) is 12.9. The molecule has 1 rings (SSSR count). The lowest BCUT2D eigenvalue weighted by atomic mass is 10.2. The van der Waals surface area contributed by atoms with Crippen molar-refractivity contribution in [1.29, 1.82) is 0 Å². The van der Waals surface area contributed by atoms with Crippen molar-refractivity contribution in [3.63, 3.8) is 0 Å². The molecule has 0 saturated carbocycles. The van der Waals surface area contributed by atoms with Crippen LogP contribution in [0.1, 0.15) is 12.5 Å². The largest absolute Gasteiger partial charge is 0.497 e. The molecule has 1 aromatic rings. The number of nitrogens with two attached hydrogens (primary N) is 1. The molecular formula is C12H20N2O. The van der Waals surface area contributed by atoms with E-state index in [4.69, 9.17) is 10.5 Å². The van der Waals surface area contributed by atoms with Crippen LogP contribution < -0.4 is 10.5 Å². The van der Waals surface area contributed by atoms with Gasteiger partial charge in [0.05, 0.1) is 7.11 Å². The zero-order chi connectivity index (χ0) is 11.3. The van der Waals surface area contributed by atoms with Gasteiger partial charge in [0.2, 0.25) is 0 Å². The average Bonchev–Trinajstić information content (AvgIpc) is 2.16. The first-order valence-corrected chi connectivity index (χ1v) is 5.19. The molecule has 1 atom stereocenters. The van der Waals surface area contributed by atoms with Crippen LogP contribution in [0.15, 0.2) is 24.3 Å². The molecule has 0 fully saturated rings. The minimum Gasteiger partial charge on any atom is -0.497 e. The third-order valence-corrected chi connectivity index (χ3v) is 2.19. The van der Waals surface area contributed by atoms with E-state index in [1.807, 2.05) is 19.1 Å². The molecular weight excluding hydrogens is 188 g/mol. The van der Waals surface area contributed by atoms with E-state index in [-0.39, 0.29) is 6.04 Å². The molecule has 84 valence electrons. The van der Waals surface area contributed by atoms with Gasteiger partial charge in [-0.15, -0.1) is 0 Å². The van der Waals surface area contributed by atoms with Crippen LogP contribution in [0.2, 0.25) is 0 Å². The van der Waals surface area contributed by atoms with E-state index < -0.39 is 0 Å². The Kier molecular flexibility index (Phi) is 4.59. The number of hydrogen-bond acceptors (Lipinski definition) is 3. The molecule has 0 aliphatic heterocycles. The summed E-state index contributed by atoms with van der Waals surface area (Å²) in [5.74, 6) is 0.904. The van der Waals surface area contributed by atoms with Crippen molar-refractivity contribution >= 4 is 0 Å². The number of ether oxygens (including phenoxy) is 1. The van der Waals surface area contributed by atoms with Gasteiger partial charge in [-0.25, -0.2) is 0 Å². The monoisotopic (exact) mass is 208 g/mol. The second-order valence-electron chi connectivity index (χ2n) is 4.03. The van der Waals surface area contributed by atoms with Gasteiger partial charge in [0, 0.05) is 19.1 Å². The Hall–Kier alpha value is -1.06. The summed E-state index contributed by atoms with van der Waals surface area (Å²) in [5.41, 5.74) is 6.98. The topological polar surface area (TPSA) is 38.5 Å². The highest BCUT2D eigenvalue weighted by Gasteiger charge is 2.03. The van der Waals surface area contributed by atoms with E-state index in [1.165, 1.54) is 5.56 Å². The van der Waals surface area contributed by atoms with Crippen LogP contribution in [-0.4, -0.2) is 31.6 Å². The lowest BCUT2D eigenvalue weighted by molar-refractivity contribution is 0.309. The standard InChI is InChI=1S/C12H20N2O/c1-10(13)8-14(2)9-11-5-4-6-12(7-11)15-3/h4-7,10H,8-9,13H2,1-3H3/t10-/m1/s1. The van der Waals surface area contributed by atoms with Gasteiger partial charge in [-0.3, -0.25) is 0 Å². The molecule has 1 aromatic carbocycles. The summed E-state index contributed by atoms with van der Waals surface area (Å²) >= 11 is 0. The van der Waals surface area contributed by atoms with Crippen molar-refractivity contribution in [3.05, 3.63) is 29.8 Å². The summed E-state index contributed by atoms with van der Waals surface area (Å²) < 4.78 is 5.17. The quantitative estimate of drug-likeness (QED) is 0.796. The molecule has 15 heavy (non-hydrogen) atoms. The SMILES string of the molecule is COc1cccc(CN(C)C[C@@H](C)N)c1. The lowest BCUT2D eigenvalue weighted by Crippen LogP contribution is -2.32. The number of hydrogen-bond donors (Lipinski definition) is 1. The van der Waals surface area contributed by atoms with Gasteiger partial charge in [-0.1, -0.05) is 12.1 Å². The third kappa shape index (κ3) is 4.32. The fraction of sp³-hybridized carbons (Fsp3) is 0.500. The average molecular weight is 208 g/mol. The first kappa shape index (κ1) is 12.0. The Morgan fingerprint density at radius 2 is 2.20 bits per heavy atom. The molecule has 0 bridgehead atoms. The summed E-state index contributed by atoms with van der Waals surface area (Å²) in [7, 11) is 3.76. The molecule has 0 unspecified atom stereocenters. The highest BCUT2D eigenvalue weighted by atomic mass is 16.5. The maximum absolute atomic E-state index is 5.74. The molecule has 0 amide bonds. The summed E-state index contributed by atoms with van der Waals surface area (Å²) in [6.45, 7) is 3.82. The Balaban J connectivity index is 2.55. The van der Waals surface area contributed by atoms with Gasteiger partial charge in [0.1, 0.15) is 5.75 Å². The molecule has 2 N–H and O–H groups in total. The maximum Gasteiger partial charge on any atom is 0.119 e. The van der Waals surface area contributed by atoms with Crippen LogP contribution in [0, 0.1) is 0 Å². The van der Waals surface area contributed by atoms with Gasteiger partial charge in [-0.2, -0.15) is 0 Å². The van der Waals surface area contributed by atoms with E-state index in [0.717, 1.165) is 18.8 Å². The molecule has 3 nitrogen and oxygen atoms in total. The Morgan fingerprint density at radius 3 is 2.80 bits per heavy atom. The third-order valence-electron chi connectivity index (χ3n) is 2.19. The number of rotatable bonds is 5. The van der Waals surface area contributed by atoms with Crippen LogP contribution in [0.3, 0.4) is 0 Å².